The SMILES string of the molecule is CC(=O)O[C@H]1[C@@H]2[C@H]([C@H](C)[C@H]3O[C@]34OC(=O)[C@@](C)(O)[C@]24C)[C@]2(C)[C@@H]1C1C([C@H](OC(C)=O)[C@@H]2OC(C)=O)[C@]2(C)[C@H](C[C@@H]3O[C@@H]3[C@@H]2OC(C)=O)C(=O)[C@@H]1O. The van der Waals surface area contributed by atoms with Crippen LogP contribution in [0.3, 0.4) is 0 Å². The van der Waals surface area contributed by atoms with Crippen LogP contribution in [0.1, 0.15) is 68.7 Å². The van der Waals surface area contributed by atoms with Gasteiger partial charge in [-0.3, -0.25) is 24.0 Å². The Morgan fingerprint density at radius 2 is 1.31 bits per heavy atom. The number of Topliss-reactive ketones (excluding diaryl/α,β-unsaturated/α-hetero) is 1. The van der Waals surface area contributed by atoms with Gasteiger partial charge in [-0.25, -0.2) is 4.79 Å². The van der Waals surface area contributed by atoms with Crippen molar-refractivity contribution in [3.8, 4) is 0 Å². The Balaban J connectivity index is 1.42. The minimum absolute atomic E-state index is 0.211. The van der Waals surface area contributed by atoms with Crippen molar-refractivity contribution in [3.63, 3.8) is 0 Å². The summed E-state index contributed by atoms with van der Waals surface area (Å²) in [6.07, 6.45) is -7.96. The number of aliphatic hydroxyl groups excluding tert-OH is 1. The van der Waals surface area contributed by atoms with E-state index in [1.165, 1.54) is 34.6 Å². The lowest BCUT2D eigenvalue weighted by atomic mass is 9.41. The Hall–Kier alpha value is -3.14. The van der Waals surface area contributed by atoms with Crippen LogP contribution in [0, 0.1) is 57.7 Å². The molecular formula is C36H46O15. The predicted molar refractivity (Wildman–Crippen MR) is 165 cm³/mol. The molecule has 8 aliphatic rings. The van der Waals surface area contributed by atoms with Crippen molar-refractivity contribution in [2.45, 2.75) is 129 Å². The number of aliphatic hydroxyl groups is 2. The van der Waals surface area contributed by atoms with Crippen molar-refractivity contribution >= 4 is 35.6 Å². The molecule has 2 unspecified atom stereocenters. The third-order valence-corrected chi connectivity index (χ3v) is 15.0. The lowest BCUT2D eigenvalue weighted by molar-refractivity contribution is -0.273. The summed E-state index contributed by atoms with van der Waals surface area (Å²) in [5.74, 6) is -11.9. The lowest BCUT2D eigenvalue weighted by Crippen LogP contribution is -2.74. The highest BCUT2D eigenvalue weighted by Crippen LogP contribution is 2.81. The highest BCUT2D eigenvalue weighted by molar-refractivity contribution is 5.88. The maximum absolute atomic E-state index is 14.6. The molecule has 3 heterocycles. The van der Waals surface area contributed by atoms with Gasteiger partial charge in [0.25, 0.3) is 0 Å². The van der Waals surface area contributed by atoms with Crippen molar-refractivity contribution in [2.75, 3.05) is 0 Å². The fourth-order valence-corrected chi connectivity index (χ4v) is 13.2. The minimum Gasteiger partial charge on any atom is -0.462 e. The van der Waals surface area contributed by atoms with E-state index in [2.05, 4.69) is 0 Å². The second-order valence-electron chi connectivity index (χ2n) is 17.1. The Bertz CT molecular complexity index is 1660. The van der Waals surface area contributed by atoms with Gasteiger partial charge >= 0.3 is 29.8 Å². The summed E-state index contributed by atoms with van der Waals surface area (Å²) < 4.78 is 42.7. The van der Waals surface area contributed by atoms with Crippen LogP contribution in [0.15, 0.2) is 0 Å². The largest absolute Gasteiger partial charge is 0.462 e. The van der Waals surface area contributed by atoms with Gasteiger partial charge in [0.1, 0.15) is 42.7 Å². The standard InChI is InChI=1S/C36H46O15/c1-11-19-22(34(8)35(9,44)31(43)51-36(34)28(11)50-36)26(45-12(2)37)20-18-21(27(46-13(3)38)30(33(19,20)7)48-15(5)40)32(6)16(23(41)24(18)42)10-17-25(49-17)29(32)47-14(4)39/h11,16-22,24-30,42,44H,10H2,1-9H3/t11-,16+,17-,18?,19-,20+,21?,22-,24+,25-,26+,27-,28+,29-,30-,32-,33+,34-,35+,36-/m0/s1. The summed E-state index contributed by atoms with van der Waals surface area (Å²) in [5, 5.41) is 24.4. The number of hydrogen-bond donors (Lipinski definition) is 2. The first-order valence-corrected chi connectivity index (χ1v) is 17.8. The normalized spacial score (nSPS) is 56.6. The smallest absolute Gasteiger partial charge is 0.341 e. The number of carbonyl (C=O) groups is 6. The molecule has 8 rings (SSSR count). The third kappa shape index (κ3) is 3.93. The molecule has 2 N–H and O–H groups in total. The van der Waals surface area contributed by atoms with E-state index in [-0.39, 0.29) is 6.42 Å². The Labute approximate surface area is 294 Å². The summed E-state index contributed by atoms with van der Waals surface area (Å²) in [6, 6.07) is 0. The molecule has 280 valence electrons. The van der Waals surface area contributed by atoms with Crippen LogP contribution in [0.4, 0.5) is 0 Å². The second kappa shape index (κ2) is 10.3. The molecule has 0 radical (unpaired) electrons. The van der Waals surface area contributed by atoms with E-state index in [1.807, 2.05) is 6.92 Å². The van der Waals surface area contributed by atoms with Gasteiger partial charge in [0.15, 0.2) is 11.4 Å². The first-order valence-electron chi connectivity index (χ1n) is 17.8. The quantitative estimate of drug-likeness (QED) is 0.232. The average molecular weight is 719 g/mol. The molecule has 3 aliphatic heterocycles. The Kier molecular flexibility index (Phi) is 7.05. The maximum atomic E-state index is 14.6. The van der Waals surface area contributed by atoms with Crippen LogP contribution in [-0.4, -0.2) is 106 Å². The van der Waals surface area contributed by atoms with Crippen LogP contribution in [0.25, 0.3) is 0 Å². The van der Waals surface area contributed by atoms with Crippen molar-refractivity contribution in [2.24, 2.45) is 57.7 Å². The monoisotopic (exact) mass is 718 g/mol. The molecule has 5 saturated carbocycles. The molecule has 0 aromatic heterocycles. The molecule has 51 heavy (non-hydrogen) atoms. The van der Waals surface area contributed by atoms with E-state index >= 15 is 0 Å². The second-order valence-corrected chi connectivity index (χ2v) is 17.1. The molecule has 20 atom stereocenters. The first kappa shape index (κ1) is 34.9. The predicted octanol–water partition coefficient (Wildman–Crippen LogP) is 0.624. The highest BCUT2D eigenvalue weighted by atomic mass is 16.8. The van der Waals surface area contributed by atoms with Crippen LogP contribution in [-0.2, 0) is 61.9 Å². The van der Waals surface area contributed by atoms with Gasteiger partial charge in [0, 0.05) is 68.1 Å². The van der Waals surface area contributed by atoms with Gasteiger partial charge in [-0.15, -0.1) is 0 Å². The van der Waals surface area contributed by atoms with Gasteiger partial charge in [-0.05, 0) is 32.1 Å². The number of ketones is 1. The zero-order chi connectivity index (χ0) is 37.3. The van der Waals surface area contributed by atoms with E-state index in [1.54, 1.807) is 20.8 Å². The number of carbonyl (C=O) groups excluding carboxylic acids is 6. The highest BCUT2D eigenvalue weighted by Gasteiger charge is 2.93. The average Bonchev–Trinajstić information content (AvgIpc) is 3.92. The van der Waals surface area contributed by atoms with Crippen LogP contribution >= 0.6 is 0 Å². The van der Waals surface area contributed by atoms with Gasteiger partial charge < -0.3 is 43.4 Å². The topological polar surface area (TPSA) is 214 Å². The molecule has 0 aromatic rings. The van der Waals surface area contributed by atoms with Crippen molar-refractivity contribution in [1.29, 1.82) is 0 Å². The zero-order valence-corrected chi connectivity index (χ0v) is 30.1. The van der Waals surface area contributed by atoms with Gasteiger partial charge in [-0.2, -0.15) is 0 Å². The number of rotatable bonds is 4. The molecule has 5 aliphatic carbocycles. The summed E-state index contributed by atoms with van der Waals surface area (Å²) in [5.41, 5.74) is -6.39. The lowest BCUT2D eigenvalue weighted by Gasteiger charge is -2.65. The summed E-state index contributed by atoms with van der Waals surface area (Å²) >= 11 is 0. The number of hydrogen-bond acceptors (Lipinski definition) is 15. The number of fused-ring (bicyclic) bond motifs is 9. The molecule has 1 spiro atoms. The van der Waals surface area contributed by atoms with E-state index < -0.39 is 154 Å². The molecule has 15 heteroatoms. The Morgan fingerprint density at radius 1 is 0.765 bits per heavy atom. The minimum atomic E-state index is -2.15. The van der Waals surface area contributed by atoms with Crippen LogP contribution < -0.4 is 0 Å². The Morgan fingerprint density at radius 3 is 1.90 bits per heavy atom. The summed E-state index contributed by atoms with van der Waals surface area (Å²) in [7, 11) is 0. The van der Waals surface area contributed by atoms with Crippen molar-refractivity contribution in [1.82, 2.24) is 0 Å². The fourth-order valence-electron chi connectivity index (χ4n) is 13.2. The number of esters is 5. The zero-order valence-electron chi connectivity index (χ0n) is 30.1. The van der Waals surface area contributed by atoms with Crippen molar-refractivity contribution in [3.05, 3.63) is 0 Å². The van der Waals surface area contributed by atoms with E-state index in [0.29, 0.717) is 0 Å². The molecule has 0 aromatic carbocycles. The first-order chi connectivity index (χ1) is 23.6. The van der Waals surface area contributed by atoms with E-state index in [9.17, 15) is 39.0 Å². The molecule has 3 saturated heterocycles. The molecular weight excluding hydrogens is 672 g/mol. The van der Waals surface area contributed by atoms with Crippen molar-refractivity contribution < 1.29 is 72.1 Å². The molecule has 15 nitrogen and oxygen atoms in total. The van der Waals surface area contributed by atoms with Crippen LogP contribution in [0.5, 0.6) is 0 Å². The van der Waals surface area contributed by atoms with Gasteiger partial charge in [-0.1, -0.05) is 20.8 Å². The summed E-state index contributed by atoms with van der Waals surface area (Å²) in [6.45, 7) is 13.3. The third-order valence-electron chi connectivity index (χ3n) is 15.0. The van der Waals surface area contributed by atoms with E-state index in [4.69, 9.17) is 33.2 Å². The number of epoxide rings is 2. The molecule has 0 bridgehead atoms. The summed E-state index contributed by atoms with van der Waals surface area (Å²) in [4.78, 5) is 80.1. The van der Waals surface area contributed by atoms with Gasteiger partial charge in [0.2, 0.25) is 5.79 Å². The fraction of sp³-hybridized carbons (Fsp3) is 0.833. The molecule has 0 amide bonds. The van der Waals surface area contributed by atoms with E-state index in [0.717, 1.165) is 0 Å². The number of ether oxygens (including phenoxy) is 7. The molecule has 8 fully saturated rings. The van der Waals surface area contributed by atoms with Crippen LogP contribution in [0.2, 0.25) is 0 Å². The van der Waals surface area contributed by atoms with Gasteiger partial charge in [0.05, 0.1) is 11.5 Å². The maximum Gasteiger partial charge on any atom is 0.341 e.